The van der Waals surface area contributed by atoms with Crippen molar-refractivity contribution in [1.29, 1.82) is 0 Å². The Kier molecular flexibility index (Phi) is 7.91. The number of halogens is 1. The van der Waals surface area contributed by atoms with E-state index in [1.807, 2.05) is 60.7 Å². The number of nitro benzene ring substituents is 1. The lowest BCUT2D eigenvalue weighted by Crippen LogP contribution is -2.67. The van der Waals surface area contributed by atoms with Crippen LogP contribution in [-0.2, 0) is 9.22 Å². The highest BCUT2D eigenvalue weighted by Crippen LogP contribution is 2.37. The number of carboxylic acids is 1. The first-order valence-electron chi connectivity index (χ1n) is 10.6. The molecule has 0 bridgehead atoms. The number of rotatable bonds is 9. The molecule has 1 atom stereocenters. The molecule has 0 aromatic heterocycles. The van der Waals surface area contributed by atoms with Crippen molar-refractivity contribution >= 4 is 46.3 Å². The third-order valence-corrected chi connectivity index (χ3v) is 11.0. The number of nitrogens with zero attached hydrogens (tertiary/aromatic N) is 1. The number of hydrogen-bond acceptors (Lipinski definition) is 5. The van der Waals surface area contributed by atoms with Crippen molar-refractivity contribution in [3.63, 3.8) is 0 Å². The Morgan fingerprint density at radius 3 is 2.00 bits per heavy atom. The van der Waals surface area contributed by atoms with Gasteiger partial charge in [0.1, 0.15) is 0 Å². The van der Waals surface area contributed by atoms with Crippen molar-refractivity contribution < 1.29 is 24.0 Å². The Bertz CT molecular complexity index is 1110. The van der Waals surface area contributed by atoms with Crippen LogP contribution in [0.15, 0.2) is 83.3 Å². The van der Waals surface area contributed by atoms with Gasteiger partial charge in [0, 0.05) is 10.5 Å². The summed E-state index contributed by atoms with van der Waals surface area (Å²) in [6.45, 7) is 5.95. The molecule has 0 saturated carbocycles. The number of carboxylic acid groups (broad SMARTS) is 1. The predicted octanol–water partition coefficient (Wildman–Crippen LogP) is 4.77. The number of aliphatic carboxylic acids is 1. The highest BCUT2D eigenvalue weighted by Gasteiger charge is 2.50. The topological polar surface area (TPSA) is 98.9 Å². The summed E-state index contributed by atoms with van der Waals surface area (Å²) in [6, 6.07) is 23.8. The Labute approximate surface area is 207 Å². The van der Waals surface area contributed by atoms with E-state index >= 15 is 0 Å². The molecule has 34 heavy (non-hydrogen) atoms. The van der Waals surface area contributed by atoms with E-state index in [0.29, 0.717) is 4.47 Å². The summed E-state index contributed by atoms with van der Waals surface area (Å²) in [5.41, 5.74) is -0.328. The highest BCUT2D eigenvalue weighted by molar-refractivity contribution is 9.10. The van der Waals surface area contributed by atoms with Crippen LogP contribution < -0.4 is 15.1 Å². The molecule has 3 aromatic carbocycles. The van der Waals surface area contributed by atoms with E-state index in [2.05, 4.69) is 36.7 Å². The van der Waals surface area contributed by atoms with Gasteiger partial charge in [0.2, 0.25) is 6.10 Å². The summed E-state index contributed by atoms with van der Waals surface area (Å²) < 4.78 is 12.8. The van der Waals surface area contributed by atoms with Gasteiger partial charge < -0.3 is 14.3 Å². The van der Waals surface area contributed by atoms with Gasteiger partial charge in [-0.05, 0) is 27.5 Å². The van der Waals surface area contributed by atoms with Crippen molar-refractivity contribution in [2.75, 3.05) is 6.61 Å². The zero-order chi connectivity index (χ0) is 24.9. The zero-order valence-electron chi connectivity index (χ0n) is 19.1. The van der Waals surface area contributed by atoms with Crippen molar-refractivity contribution in [3.05, 3.63) is 93.4 Å². The Morgan fingerprint density at radius 1 is 1.03 bits per heavy atom. The normalized spacial score (nSPS) is 12.7. The molecule has 0 fully saturated rings. The van der Waals surface area contributed by atoms with Crippen molar-refractivity contribution in [3.8, 4) is 5.75 Å². The average Bonchev–Trinajstić information content (AvgIpc) is 2.79. The van der Waals surface area contributed by atoms with Gasteiger partial charge >= 0.3 is 11.7 Å². The molecule has 0 radical (unpaired) electrons. The van der Waals surface area contributed by atoms with Crippen molar-refractivity contribution in [2.45, 2.75) is 31.9 Å². The maximum atomic E-state index is 12.1. The lowest BCUT2D eigenvalue weighted by Gasteiger charge is -2.43. The lowest BCUT2D eigenvalue weighted by atomic mass is 10.2. The molecule has 9 heteroatoms. The monoisotopic (exact) mass is 543 g/mol. The van der Waals surface area contributed by atoms with Gasteiger partial charge in [-0.2, -0.15) is 0 Å². The van der Waals surface area contributed by atoms with Gasteiger partial charge in [-0.3, -0.25) is 10.1 Å². The first kappa shape index (κ1) is 25.6. The standard InChI is InChI=1S/C25H26BrNO6Si/c1-25(2,3)34(19-10-6-4-7-11-19,20-12-8-5-9-13-20)32-17-23(24(28)29)33-22-15-14-18(26)16-21(22)27(30)31/h4-16,23H,17H2,1-3H3,(H,28,29). The van der Waals surface area contributed by atoms with E-state index < -0.39 is 25.3 Å². The second-order valence-electron chi connectivity index (χ2n) is 8.79. The minimum absolute atomic E-state index is 0.133. The van der Waals surface area contributed by atoms with E-state index in [4.69, 9.17) is 9.16 Å². The Balaban J connectivity index is 2.03. The minimum Gasteiger partial charge on any atom is -0.478 e. The highest BCUT2D eigenvalue weighted by atomic mass is 79.9. The summed E-state index contributed by atoms with van der Waals surface area (Å²) in [4.78, 5) is 23.0. The largest absolute Gasteiger partial charge is 0.478 e. The molecule has 7 nitrogen and oxygen atoms in total. The average molecular weight is 544 g/mol. The number of nitro groups is 1. The summed E-state index contributed by atoms with van der Waals surface area (Å²) in [7, 11) is -3.00. The fourth-order valence-electron chi connectivity index (χ4n) is 4.00. The second kappa shape index (κ2) is 10.5. The number of carbonyl (C=O) groups is 1. The molecule has 178 valence electrons. The predicted molar refractivity (Wildman–Crippen MR) is 136 cm³/mol. The molecule has 0 amide bonds. The third kappa shape index (κ3) is 5.38. The fraction of sp³-hybridized carbons (Fsp3) is 0.240. The van der Waals surface area contributed by atoms with Crippen LogP contribution in [0.1, 0.15) is 20.8 Å². The molecule has 0 saturated heterocycles. The smallest absolute Gasteiger partial charge is 0.347 e. The van der Waals surface area contributed by atoms with Crippen LogP contribution in [-0.4, -0.2) is 37.0 Å². The van der Waals surface area contributed by atoms with Crippen LogP contribution in [0.2, 0.25) is 5.04 Å². The van der Waals surface area contributed by atoms with E-state index in [0.717, 1.165) is 10.4 Å². The summed E-state index contributed by atoms with van der Waals surface area (Å²) >= 11 is 3.19. The number of ether oxygens (including phenoxy) is 1. The van der Waals surface area contributed by atoms with E-state index in [1.54, 1.807) is 6.07 Å². The van der Waals surface area contributed by atoms with Crippen LogP contribution in [0, 0.1) is 10.1 Å². The van der Waals surface area contributed by atoms with Crippen molar-refractivity contribution in [1.82, 2.24) is 0 Å². The molecule has 3 rings (SSSR count). The molecule has 3 aromatic rings. The van der Waals surface area contributed by atoms with Crippen molar-refractivity contribution in [2.24, 2.45) is 0 Å². The van der Waals surface area contributed by atoms with Crippen LogP contribution >= 0.6 is 15.9 Å². The summed E-state index contributed by atoms with van der Waals surface area (Å²) in [6.07, 6.45) is -1.44. The van der Waals surface area contributed by atoms with Crippen LogP contribution in [0.25, 0.3) is 0 Å². The van der Waals surface area contributed by atoms with Gasteiger partial charge in [-0.25, -0.2) is 4.79 Å². The molecule has 1 N–H and O–H groups in total. The van der Waals surface area contributed by atoms with E-state index in [9.17, 15) is 20.0 Å². The van der Waals surface area contributed by atoms with E-state index in [1.165, 1.54) is 12.1 Å². The molecule has 0 aliphatic carbocycles. The molecule has 0 aliphatic heterocycles. The SMILES string of the molecule is CC(C)(C)[Si](OCC(Oc1ccc(Br)cc1[N+](=O)[O-])C(=O)O)(c1ccccc1)c1ccccc1. The number of benzene rings is 3. The summed E-state index contributed by atoms with van der Waals surface area (Å²) in [5, 5.41) is 23.0. The quantitative estimate of drug-likeness (QED) is 0.237. The first-order chi connectivity index (χ1) is 16.1. The molecule has 1 unspecified atom stereocenters. The van der Waals surface area contributed by atoms with Gasteiger partial charge in [-0.15, -0.1) is 0 Å². The first-order valence-corrected chi connectivity index (χ1v) is 13.3. The van der Waals surface area contributed by atoms with E-state index in [-0.39, 0.29) is 23.1 Å². The maximum Gasteiger partial charge on any atom is 0.347 e. The minimum atomic E-state index is -3.00. The Morgan fingerprint density at radius 2 is 1.56 bits per heavy atom. The zero-order valence-corrected chi connectivity index (χ0v) is 21.7. The molecular formula is C25H26BrNO6Si. The summed E-state index contributed by atoms with van der Waals surface area (Å²) in [5.74, 6) is -1.40. The lowest BCUT2D eigenvalue weighted by molar-refractivity contribution is -0.386. The molecular weight excluding hydrogens is 518 g/mol. The van der Waals surface area contributed by atoms with Crippen LogP contribution in [0.4, 0.5) is 5.69 Å². The van der Waals surface area contributed by atoms with Gasteiger partial charge in [-0.1, -0.05) is 97.4 Å². The molecule has 0 spiro atoms. The fourth-order valence-corrected chi connectivity index (χ4v) is 8.91. The molecule has 0 heterocycles. The second-order valence-corrected chi connectivity index (χ2v) is 14.0. The van der Waals surface area contributed by atoms with Gasteiger partial charge in [0.15, 0.2) is 5.75 Å². The third-order valence-electron chi connectivity index (χ3n) is 5.53. The molecule has 0 aliphatic rings. The van der Waals surface area contributed by atoms with Gasteiger partial charge in [0.05, 0.1) is 11.5 Å². The Hall–Kier alpha value is -3.01. The number of hydrogen-bond donors (Lipinski definition) is 1. The van der Waals surface area contributed by atoms with Gasteiger partial charge in [0.25, 0.3) is 8.32 Å². The maximum absolute atomic E-state index is 12.1. The van der Waals surface area contributed by atoms with Crippen LogP contribution in [0.3, 0.4) is 0 Å². The van der Waals surface area contributed by atoms with Crippen LogP contribution in [0.5, 0.6) is 5.75 Å².